The number of methoxy groups -OCH3 is 1. The van der Waals surface area contributed by atoms with E-state index in [0.717, 1.165) is 31.4 Å². The highest BCUT2D eigenvalue weighted by Gasteiger charge is 2.42. The minimum Gasteiger partial charge on any atom is -0.497 e. The first kappa shape index (κ1) is 16.3. The second-order valence-electron chi connectivity index (χ2n) is 6.63. The zero-order valence-corrected chi connectivity index (χ0v) is 13.8. The smallest absolute Gasteiger partial charge is 0.118 e. The number of benzene rings is 1. The van der Waals surface area contributed by atoms with E-state index in [1.807, 2.05) is 12.1 Å². The maximum atomic E-state index is 11.2. The first-order valence-corrected chi connectivity index (χ1v) is 8.01. The SMILES string of the molecule is COc1ccc(C(C)C(N(C)C)C2(O)CCCCC2)cc1. The molecule has 1 saturated carbocycles. The Kier molecular flexibility index (Phi) is 5.28. The normalized spacial score (nSPS) is 21.0. The van der Waals surface area contributed by atoms with Crippen LogP contribution in [0.1, 0.15) is 50.5 Å². The van der Waals surface area contributed by atoms with Crippen molar-refractivity contribution in [3.8, 4) is 5.75 Å². The lowest BCUT2D eigenvalue weighted by Gasteiger charge is -2.45. The molecule has 0 bridgehead atoms. The predicted octanol–water partition coefficient (Wildman–Crippen LogP) is 3.42. The van der Waals surface area contributed by atoms with Gasteiger partial charge in [0, 0.05) is 6.04 Å². The molecule has 21 heavy (non-hydrogen) atoms. The van der Waals surface area contributed by atoms with E-state index in [1.165, 1.54) is 12.0 Å². The van der Waals surface area contributed by atoms with Crippen molar-refractivity contribution in [1.82, 2.24) is 4.90 Å². The molecule has 1 aromatic rings. The van der Waals surface area contributed by atoms with E-state index in [0.29, 0.717) is 0 Å². The Hall–Kier alpha value is -1.06. The molecule has 2 atom stereocenters. The van der Waals surface area contributed by atoms with Crippen LogP contribution < -0.4 is 4.74 Å². The molecule has 0 spiro atoms. The third kappa shape index (κ3) is 3.58. The second-order valence-corrected chi connectivity index (χ2v) is 6.63. The molecule has 0 heterocycles. The molecule has 1 aliphatic carbocycles. The standard InChI is InChI=1S/C18H29NO2/c1-14(15-8-10-16(21-4)11-9-15)17(19(2)3)18(20)12-6-5-7-13-18/h8-11,14,17,20H,5-7,12-13H2,1-4H3. The van der Waals surface area contributed by atoms with E-state index in [4.69, 9.17) is 4.74 Å². The Labute approximate surface area is 128 Å². The van der Waals surface area contributed by atoms with Gasteiger partial charge in [0.1, 0.15) is 5.75 Å². The van der Waals surface area contributed by atoms with Gasteiger partial charge >= 0.3 is 0 Å². The summed E-state index contributed by atoms with van der Waals surface area (Å²) in [5.41, 5.74) is 0.690. The first-order chi connectivity index (χ1) is 9.98. The molecule has 0 aromatic heterocycles. The fourth-order valence-corrected chi connectivity index (χ4v) is 3.94. The van der Waals surface area contributed by atoms with Crippen LogP contribution in [0.25, 0.3) is 0 Å². The lowest BCUT2D eigenvalue weighted by molar-refractivity contribution is -0.0679. The van der Waals surface area contributed by atoms with Crippen LogP contribution in [0, 0.1) is 0 Å². The number of rotatable bonds is 5. The van der Waals surface area contributed by atoms with E-state index in [-0.39, 0.29) is 12.0 Å². The highest BCUT2D eigenvalue weighted by Crippen LogP contribution is 2.39. The van der Waals surface area contributed by atoms with Crippen molar-refractivity contribution >= 4 is 0 Å². The van der Waals surface area contributed by atoms with Crippen LogP contribution in [-0.2, 0) is 0 Å². The van der Waals surface area contributed by atoms with Gasteiger partial charge in [-0.05, 0) is 50.6 Å². The molecule has 0 amide bonds. The summed E-state index contributed by atoms with van der Waals surface area (Å²) in [6.45, 7) is 2.22. The number of aliphatic hydroxyl groups is 1. The van der Waals surface area contributed by atoms with Crippen molar-refractivity contribution in [1.29, 1.82) is 0 Å². The Bertz CT molecular complexity index is 435. The second kappa shape index (κ2) is 6.80. The summed E-state index contributed by atoms with van der Waals surface area (Å²) in [7, 11) is 5.85. The average Bonchev–Trinajstić information content (AvgIpc) is 2.47. The molecular formula is C18H29NO2. The molecule has 1 fully saturated rings. The zero-order chi connectivity index (χ0) is 15.5. The fourth-order valence-electron chi connectivity index (χ4n) is 3.94. The van der Waals surface area contributed by atoms with Crippen LogP contribution >= 0.6 is 0 Å². The van der Waals surface area contributed by atoms with Crippen LogP contribution in [-0.4, -0.2) is 42.9 Å². The molecule has 118 valence electrons. The minimum absolute atomic E-state index is 0.145. The van der Waals surface area contributed by atoms with Crippen molar-refractivity contribution < 1.29 is 9.84 Å². The van der Waals surface area contributed by atoms with Crippen LogP contribution in [0.2, 0.25) is 0 Å². The largest absolute Gasteiger partial charge is 0.497 e. The maximum absolute atomic E-state index is 11.2. The van der Waals surface area contributed by atoms with Gasteiger partial charge in [-0.2, -0.15) is 0 Å². The quantitative estimate of drug-likeness (QED) is 0.902. The highest BCUT2D eigenvalue weighted by molar-refractivity contribution is 5.30. The molecule has 0 radical (unpaired) electrons. The third-order valence-electron chi connectivity index (χ3n) is 4.94. The molecule has 3 heteroatoms. The molecule has 3 nitrogen and oxygen atoms in total. The van der Waals surface area contributed by atoms with Crippen LogP contribution in [0.4, 0.5) is 0 Å². The molecule has 1 aromatic carbocycles. The molecular weight excluding hydrogens is 262 g/mol. The van der Waals surface area contributed by atoms with Gasteiger partial charge in [-0.3, -0.25) is 0 Å². The number of ether oxygens (including phenoxy) is 1. The summed E-state index contributed by atoms with van der Waals surface area (Å²) in [6, 6.07) is 8.39. The summed E-state index contributed by atoms with van der Waals surface area (Å²) >= 11 is 0. The van der Waals surface area contributed by atoms with E-state index < -0.39 is 5.60 Å². The van der Waals surface area contributed by atoms with Gasteiger partial charge in [0.15, 0.2) is 0 Å². The Morgan fingerprint density at radius 3 is 2.14 bits per heavy atom. The Morgan fingerprint density at radius 1 is 1.10 bits per heavy atom. The minimum atomic E-state index is -0.568. The lowest BCUT2D eigenvalue weighted by atomic mass is 9.73. The molecule has 1 N–H and O–H groups in total. The summed E-state index contributed by atoms with van der Waals surface area (Å²) in [4.78, 5) is 2.19. The molecule has 2 unspecified atom stereocenters. The van der Waals surface area contributed by atoms with Gasteiger partial charge in [-0.15, -0.1) is 0 Å². The number of hydrogen-bond donors (Lipinski definition) is 1. The van der Waals surface area contributed by atoms with Gasteiger partial charge < -0.3 is 14.7 Å². The van der Waals surface area contributed by atoms with Crippen LogP contribution in [0.3, 0.4) is 0 Å². The first-order valence-electron chi connectivity index (χ1n) is 8.01. The molecule has 1 aliphatic rings. The predicted molar refractivity (Wildman–Crippen MR) is 86.9 cm³/mol. The summed E-state index contributed by atoms with van der Waals surface area (Å²) in [5, 5.41) is 11.2. The van der Waals surface area contributed by atoms with E-state index in [9.17, 15) is 5.11 Å². The maximum Gasteiger partial charge on any atom is 0.118 e. The third-order valence-corrected chi connectivity index (χ3v) is 4.94. The van der Waals surface area contributed by atoms with Gasteiger partial charge in [-0.1, -0.05) is 38.3 Å². The van der Waals surface area contributed by atoms with E-state index in [2.05, 4.69) is 38.1 Å². The summed E-state index contributed by atoms with van der Waals surface area (Å²) < 4.78 is 5.23. The highest BCUT2D eigenvalue weighted by atomic mass is 16.5. The zero-order valence-electron chi connectivity index (χ0n) is 13.8. The summed E-state index contributed by atoms with van der Waals surface area (Å²) in [6.07, 6.45) is 5.35. The van der Waals surface area contributed by atoms with Crippen molar-refractivity contribution in [3.63, 3.8) is 0 Å². The van der Waals surface area contributed by atoms with Gasteiger partial charge in [-0.25, -0.2) is 0 Å². The molecule has 2 rings (SSSR count). The molecule has 0 saturated heterocycles. The van der Waals surface area contributed by atoms with Crippen molar-refractivity contribution in [2.24, 2.45) is 0 Å². The topological polar surface area (TPSA) is 32.7 Å². The Balaban J connectivity index is 2.23. The van der Waals surface area contributed by atoms with Gasteiger partial charge in [0.05, 0.1) is 12.7 Å². The van der Waals surface area contributed by atoms with E-state index in [1.54, 1.807) is 7.11 Å². The summed E-state index contributed by atoms with van der Waals surface area (Å²) in [5.74, 6) is 1.16. The average molecular weight is 291 g/mol. The number of nitrogens with zero attached hydrogens (tertiary/aromatic N) is 1. The van der Waals surface area contributed by atoms with Crippen molar-refractivity contribution in [2.75, 3.05) is 21.2 Å². The monoisotopic (exact) mass is 291 g/mol. The van der Waals surface area contributed by atoms with Crippen molar-refractivity contribution in [2.45, 2.75) is 56.6 Å². The van der Waals surface area contributed by atoms with Crippen LogP contribution in [0.5, 0.6) is 5.75 Å². The molecule has 0 aliphatic heterocycles. The number of hydrogen-bond acceptors (Lipinski definition) is 3. The Morgan fingerprint density at radius 2 is 1.67 bits per heavy atom. The van der Waals surface area contributed by atoms with Crippen LogP contribution in [0.15, 0.2) is 24.3 Å². The van der Waals surface area contributed by atoms with Gasteiger partial charge in [0.2, 0.25) is 0 Å². The van der Waals surface area contributed by atoms with E-state index >= 15 is 0 Å². The number of likely N-dealkylation sites (N-methyl/N-ethyl adjacent to an activating group) is 1. The van der Waals surface area contributed by atoms with Crippen molar-refractivity contribution in [3.05, 3.63) is 29.8 Å². The lowest BCUT2D eigenvalue weighted by Crippen LogP contribution is -2.53. The fraction of sp³-hybridized carbons (Fsp3) is 0.667. The van der Waals surface area contributed by atoms with Gasteiger partial charge in [0.25, 0.3) is 0 Å².